The number of hydrogen-bond donors (Lipinski definition) is 0. The molecule has 0 radical (unpaired) electrons. The molecule has 2 heterocycles. The summed E-state index contributed by atoms with van der Waals surface area (Å²) in [7, 11) is 0. The molecular weight excluding hydrogens is 176 g/mol. The van der Waals surface area contributed by atoms with Gasteiger partial charge in [-0.1, -0.05) is 17.7 Å². The Morgan fingerprint density at radius 1 is 1.50 bits per heavy atom. The van der Waals surface area contributed by atoms with Crippen molar-refractivity contribution in [1.82, 2.24) is 9.38 Å². The summed E-state index contributed by atoms with van der Waals surface area (Å²) >= 11 is 5.75. The van der Waals surface area contributed by atoms with Crippen LogP contribution in [0.25, 0.3) is 5.52 Å². The molecule has 0 saturated heterocycles. The minimum absolute atomic E-state index is 0.415. The lowest BCUT2D eigenvalue weighted by Gasteiger charge is -1.95. The lowest BCUT2D eigenvalue weighted by Crippen LogP contribution is -1.91. The molecule has 2 aromatic heterocycles. The summed E-state index contributed by atoms with van der Waals surface area (Å²) in [5.74, 6) is 0. The highest BCUT2D eigenvalue weighted by molar-refractivity contribution is 6.32. The first-order valence-electron chi connectivity index (χ1n) is 3.39. The molecule has 60 valence electrons. The first kappa shape index (κ1) is 7.31. The Labute approximate surface area is 73.6 Å². The van der Waals surface area contributed by atoms with Crippen molar-refractivity contribution in [3.63, 3.8) is 0 Å². The van der Waals surface area contributed by atoms with E-state index in [1.165, 1.54) is 6.33 Å². The summed E-state index contributed by atoms with van der Waals surface area (Å²) in [4.78, 5) is 14.4. The van der Waals surface area contributed by atoms with Gasteiger partial charge in [0.1, 0.15) is 6.33 Å². The van der Waals surface area contributed by atoms with Crippen molar-refractivity contribution in [3.05, 3.63) is 35.4 Å². The van der Waals surface area contributed by atoms with Crippen LogP contribution in [0.2, 0.25) is 5.15 Å². The van der Waals surface area contributed by atoms with Crippen LogP contribution in [0.1, 0.15) is 10.5 Å². The maximum Gasteiger partial charge on any atom is 0.166 e. The molecule has 0 bridgehead atoms. The number of carbonyl (C=O) groups excluding carboxylic acids is 1. The Morgan fingerprint density at radius 2 is 2.33 bits per heavy atom. The summed E-state index contributed by atoms with van der Waals surface area (Å²) in [6, 6.07) is 5.28. The largest absolute Gasteiger partial charge is 0.296 e. The Morgan fingerprint density at radius 3 is 3.08 bits per heavy atom. The average Bonchev–Trinajstić information content (AvgIpc) is 2.48. The molecule has 4 heteroatoms. The first-order valence-corrected chi connectivity index (χ1v) is 3.77. The molecule has 2 rings (SSSR count). The number of hydrogen-bond acceptors (Lipinski definition) is 2. The minimum Gasteiger partial charge on any atom is -0.296 e. The van der Waals surface area contributed by atoms with E-state index in [4.69, 9.17) is 11.6 Å². The molecule has 0 spiro atoms. The van der Waals surface area contributed by atoms with Crippen LogP contribution in [-0.4, -0.2) is 15.7 Å². The van der Waals surface area contributed by atoms with Crippen LogP contribution < -0.4 is 0 Å². The molecule has 0 aromatic carbocycles. The third-order valence-corrected chi connectivity index (χ3v) is 1.97. The fourth-order valence-electron chi connectivity index (χ4n) is 1.11. The van der Waals surface area contributed by atoms with Gasteiger partial charge in [-0.3, -0.25) is 9.20 Å². The Balaban J connectivity index is 2.89. The molecule has 0 fully saturated rings. The number of imidazole rings is 1. The predicted octanol–water partition coefficient (Wildman–Crippen LogP) is 1.80. The summed E-state index contributed by atoms with van der Waals surface area (Å²) in [6.45, 7) is 0. The summed E-state index contributed by atoms with van der Waals surface area (Å²) in [5, 5.41) is 0.415. The first-order chi connectivity index (χ1) is 5.83. The van der Waals surface area contributed by atoms with Crippen LogP contribution >= 0.6 is 11.6 Å². The van der Waals surface area contributed by atoms with Crippen molar-refractivity contribution in [2.45, 2.75) is 0 Å². The molecule has 0 amide bonds. The fourth-order valence-corrected chi connectivity index (χ4v) is 1.30. The van der Waals surface area contributed by atoms with Crippen LogP contribution in [0.4, 0.5) is 0 Å². The predicted molar refractivity (Wildman–Crippen MR) is 45.6 cm³/mol. The van der Waals surface area contributed by atoms with Crippen LogP contribution in [0.3, 0.4) is 0 Å². The van der Waals surface area contributed by atoms with E-state index in [2.05, 4.69) is 4.98 Å². The maximum absolute atomic E-state index is 10.5. The molecule has 0 aliphatic rings. The molecule has 0 atom stereocenters. The van der Waals surface area contributed by atoms with E-state index >= 15 is 0 Å². The third-order valence-electron chi connectivity index (χ3n) is 1.68. The average molecular weight is 181 g/mol. The molecule has 0 saturated carbocycles. The summed E-state index contributed by atoms with van der Waals surface area (Å²) < 4.78 is 1.65. The Bertz CT molecular complexity index is 436. The van der Waals surface area contributed by atoms with Crippen LogP contribution in [0.15, 0.2) is 24.5 Å². The van der Waals surface area contributed by atoms with Crippen molar-refractivity contribution >= 4 is 23.4 Å². The normalized spacial score (nSPS) is 10.4. The number of aldehydes is 1. The summed E-state index contributed by atoms with van der Waals surface area (Å²) in [5.41, 5.74) is 1.30. The van der Waals surface area contributed by atoms with E-state index in [1.807, 2.05) is 6.07 Å². The molecule has 0 aliphatic heterocycles. The van der Waals surface area contributed by atoms with E-state index < -0.39 is 0 Å². The van der Waals surface area contributed by atoms with Crippen LogP contribution in [0, 0.1) is 0 Å². The number of fused-ring (bicyclic) bond motifs is 1. The summed E-state index contributed by atoms with van der Waals surface area (Å²) in [6.07, 6.45) is 2.30. The van der Waals surface area contributed by atoms with Gasteiger partial charge in [0.15, 0.2) is 11.4 Å². The lowest BCUT2D eigenvalue weighted by atomic mass is 10.3. The van der Waals surface area contributed by atoms with Crippen molar-refractivity contribution in [3.8, 4) is 0 Å². The number of halogens is 1. The van der Waals surface area contributed by atoms with Crippen molar-refractivity contribution in [2.75, 3.05) is 0 Å². The number of rotatable bonds is 1. The monoisotopic (exact) mass is 180 g/mol. The highest BCUT2D eigenvalue weighted by Crippen LogP contribution is 2.15. The smallest absolute Gasteiger partial charge is 0.166 e. The second-order valence-electron chi connectivity index (χ2n) is 2.36. The fraction of sp³-hybridized carbons (Fsp3) is 0. The zero-order valence-electron chi connectivity index (χ0n) is 6.07. The quantitative estimate of drug-likeness (QED) is 0.628. The second-order valence-corrected chi connectivity index (χ2v) is 2.72. The van der Waals surface area contributed by atoms with Gasteiger partial charge in [-0.05, 0) is 12.1 Å². The van der Waals surface area contributed by atoms with E-state index in [1.54, 1.807) is 16.5 Å². The van der Waals surface area contributed by atoms with Gasteiger partial charge in [0.05, 0.1) is 11.2 Å². The van der Waals surface area contributed by atoms with Crippen molar-refractivity contribution < 1.29 is 4.79 Å². The Kier molecular flexibility index (Phi) is 1.59. The molecule has 0 unspecified atom stereocenters. The molecule has 0 N–H and O–H groups in total. The molecule has 3 nitrogen and oxygen atoms in total. The highest BCUT2D eigenvalue weighted by atomic mass is 35.5. The zero-order valence-corrected chi connectivity index (χ0v) is 6.82. The van der Waals surface area contributed by atoms with Gasteiger partial charge in [-0.2, -0.15) is 0 Å². The molecule has 12 heavy (non-hydrogen) atoms. The minimum atomic E-state index is 0.415. The number of aromatic nitrogens is 2. The van der Waals surface area contributed by atoms with Gasteiger partial charge in [-0.15, -0.1) is 0 Å². The number of carbonyl (C=O) groups is 1. The van der Waals surface area contributed by atoms with Crippen molar-refractivity contribution in [1.29, 1.82) is 0 Å². The number of nitrogens with zero attached hydrogens (tertiary/aromatic N) is 2. The van der Waals surface area contributed by atoms with Gasteiger partial charge in [-0.25, -0.2) is 4.98 Å². The van der Waals surface area contributed by atoms with E-state index in [-0.39, 0.29) is 0 Å². The lowest BCUT2D eigenvalue weighted by molar-refractivity contribution is 0.111. The van der Waals surface area contributed by atoms with Gasteiger partial charge in [0, 0.05) is 0 Å². The van der Waals surface area contributed by atoms with Gasteiger partial charge in [0.2, 0.25) is 0 Å². The maximum atomic E-state index is 10.5. The zero-order chi connectivity index (χ0) is 8.55. The standard InChI is InChI=1S/C8H5ClN2O/c9-8-7-3-1-2-6(4-12)11(7)5-10-8/h1-5H. The van der Waals surface area contributed by atoms with Crippen LogP contribution in [-0.2, 0) is 0 Å². The highest BCUT2D eigenvalue weighted by Gasteiger charge is 2.02. The van der Waals surface area contributed by atoms with Gasteiger partial charge < -0.3 is 0 Å². The van der Waals surface area contributed by atoms with Crippen LogP contribution in [0.5, 0.6) is 0 Å². The molecular formula is C8H5ClN2O. The second kappa shape index (κ2) is 2.60. The molecule has 2 aromatic rings. The number of pyridine rings is 1. The van der Waals surface area contributed by atoms with Crippen molar-refractivity contribution in [2.24, 2.45) is 0 Å². The SMILES string of the molecule is O=Cc1cccc2c(Cl)ncn12. The van der Waals surface area contributed by atoms with E-state index in [9.17, 15) is 4.79 Å². The Hall–Kier alpha value is -1.35. The van der Waals surface area contributed by atoms with E-state index in [0.717, 1.165) is 11.8 Å². The topological polar surface area (TPSA) is 34.4 Å². The van der Waals surface area contributed by atoms with Gasteiger partial charge in [0.25, 0.3) is 0 Å². The molecule has 0 aliphatic carbocycles. The third kappa shape index (κ3) is 0.905. The van der Waals surface area contributed by atoms with Gasteiger partial charge >= 0.3 is 0 Å². The van der Waals surface area contributed by atoms with E-state index in [0.29, 0.717) is 10.8 Å².